The van der Waals surface area contributed by atoms with Crippen LogP contribution in [-0.2, 0) is 12.6 Å². The summed E-state index contributed by atoms with van der Waals surface area (Å²) < 4.78 is 42.4. The van der Waals surface area contributed by atoms with Crippen LogP contribution in [0.25, 0.3) is 0 Å². The van der Waals surface area contributed by atoms with Gasteiger partial charge < -0.3 is 10.5 Å². The van der Waals surface area contributed by atoms with Crippen molar-refractivity contribution in [2.45, 2.75) is 25.6 Å². The van der Waals surface area contributed by atoms with Gasteiger partial charge in [0.15, 0.2) is 0 Å². The molecule has 5 heteroatoms. The molecule has 0 amide bonds. The summed E-state index contributed by atoms with van der Waals surface area (Å²) in [5.74, 6) is 0.200. The van der Waals surface area contributed by atoms with Crippen molar-refractivity contribution in [3.63, 3.8) is 0 Å². The number of ether oxygens (including phenoxy) is 1. The van der Waals surface area contributed by atoms with Crippen LogP contribution >= 0.6 is 0 Å². The van der Waals surface area contributed by atoms with Gasteiger partial charge in [-0.2, -0.15) is 13.2 Å². The highest BCUT2D eigenvalue weighted by Gasteiger charge is 2.31. The zero-order chi connectivity index (χ0) is 12.3. The second kappa shape index (κ2) is 4.74. The maximum atomic E-state index is 12.5. The van der Waals surface area contributed by atoms with Crippen molar-refractivity contribution in [1.29, 1.82) is 0 Å². The lowest BCUT2D eigenvalue weighted by Gasteiger charge is -2.12. The molecule has 0 saturated carbocycles. The molecular weight excluding hydrogens is 219 g/mol. The van der Waals surface area contributed by atoms with Gasteiger partial charge in [0.2, 0.25) is 0 Å². The minimum absolute atomic E-state index is 0.187. The molecule has 2 N–H and O–H groups in total. The first-order chi connectivity index (χ1) is 7.32. The van der Waals surface area contributed by atoms with Crippen molar-refractivity contribution >= 4 is 0 Å². The summed E-state index contributed by atoms with van der Waals surface area (Å²) in [5.41, 5.74) is 5.38. The molecule has 0 fully saturated rings. The van der Waals surface area contributed by atoms with Crippen LogP contribution < -0.4 is 10.5 Å². The van der Waals surface area contributed by atoms with Gasteiger partial charge >= 0.3 is 6.18 Å². The predicted octanol–water partition coefficient (Wildman–Crippen LogP) is 2.60. The average molecular weight is 233 g/mol. The Morgan fingerprint density at radius 2 is 1.94 bits per heavy atom. The van der Waals surface area contributed by atoms with Crippen molar-refractivity contribution in [3.8, 4) is 5.75 Å². The fourth-order valence-electron chi connectivity index (χ4n) is 1.43. The van der Waals surface area contributed by atoms with Gasteiger partial charge in [0.05, 0.1) is 12.7 Å². The SMILES string of the molecule is COc1cc(CC(C)N)cc(C(F)(F)F)c1. The number of nitrogens with two attached hydrogens (primary N) is 1. The van der Waals surface area contributed by atoms with E-state index in [0.29, 0.717) is 12.0 Å². The molecule has 0 spiro atoms. The van der Waals surface area contributed by atoms with E-state index in [9.17, 15) is 13.2 Å². The lowest BCUT2D eigenvalue weighted by atomic mass is 10.0. The number of methoxy groups -OCH3 is 1. The molecule has 0 heterocycles. The minimum atomic E-state index is -4.36. The second-order valence-electron chi connectivity index (χ2n) is 3.75. The van der Waals surface area contributed by atoms with Crippen molar-refractivity contribution in [3.05, 3.63) is 29.3 Å². The van der Waals surface area contributed by atoms with E-state index in [1.807, 2.05) is 0 Å². The van der Waals surface area contributed by atoms with E-state index in [0.717, 1.165) is 12.1 Å². The van der Waals surface area contributed by atoms with E-state index in [1.165, 1.54) is 7.11 Å². The second-order valence-corrected chi connectivity index (χ2v) is 3.75. The number of benzene rings is 1. The van der Waals surface area contributed by atoms with Crippen LogP contribution in [-0.4, -0.2) is 13.2 Å². The molecule has 0 radical (unpaired) electrons. The average Bonchev–Trinajstić information content (AvgIpc) is 2.14. The lowest BCUT2D eigenvalue weighted by molar-refractivity contribution is -0.137. The molecule has 1 rings (SSSR count). The maximum absolute atomic E-state index is 12.5. The van der Waals surface area contributed by atoms with E-state index in [1.54, 1.807) is 13.0 Å². The summed E-state index contributed by atoms with van der Waals surface area (Å²) in [5, 5.41) is 0. The van der Waals surface area contributed by atoms with Crippen molar-refractivity contribution < 1.29 is 17.9 Å². The number of hydrogen-bond donors (Lipinski definition) is 1. The van der Waals surface area contributed by atoms with Gasteiger partial charge in [0.1, 0.15) is 5.75 Å². The first-order valence-electron chi connectivity index (χ1n) is 4.83. The zero-order valence-electron chi connectivity index (χ0n) is 9.14. The molecule has 1 aromatic carbocycles. The van der Waals surface area contributed by atoms with Gasteiger partial charge in [-0.05, 0) is 37.1 Å². The molecule has 90 valence electrons. The van der Waals surface area contributed by atoms with Gasteiger partial charge in [0, 0.05) is 6.04 Å². The highest BCUT2D eigenvalue weighted by molar-refractivity contribution is 5.36. The van der Waals surface area contributed by atoms with E-state index in [-0.39, 0.29) is 11.8 Å². The molecule has 0 aromatic heterocycles. The molecule has 0 aliphatic carbocycles. The van der Waals surface area contributed by atoms with Gasteiger partial charge in [-0.1, -0.05) is 0 Å². The van der Waals surface area contributed by atoms with E-state index in [2.05, 4.69) is 0 Å². The molecule has 0 saturated heterocycles. The van der Waals surface area contributed by atoms with Gasteiger partial charge in [-0.25, -0.2) is 0 Å². The number of hydrogen-bond acceptors (Lipinski definition) is 2. The minimum Gasteiger partial charge on any atom is -0.497 e. The molecular formula is C11H14F3NO. The molecule has 1 unspecified atom stereocenters. The third-order valence-corrected chi connectivity index (χ3v) is 2.09. The largest absolute Gasteiger partial charge is 0.497 e. The topological polar surface area (TPSA) is 35.2 Å². The highest BCUT2D eigenvalue weighted by Crippen LogP contribution is 2.32. The smallest absolute Gasteiger partial charge is 0.416 e. The predicted molar refractivity (Wildman–Crippen MR) is 55.3 cm³/mol. The summed E-state index contributed by atoms with van der Waals surface area (Å²) in [6.07, 6.45) is -3.97. The van der Waals surface area contributed by atoms with Crippen LogP contribution in [0, 0.1) is 0 Å². The summed E-state index contributed by atoms with van der Waals surface area (Å²) in [6, 6.07) is 3.46. The van der Waals surface area contributed by atoms with Crippen molar-refractivity contribution in [2.75, 3.05) is 7.11 Å². The molecule has 0 aliphatic rings. The molecule has 16 heavy (non-hydrogen) atoms. The Labute approximate surface area is 92.2 Å². The first-order valence-corrected chi connectivity index (χ1v) is 4.83. The summed E-state index contributed by atoms with van der Waals surface area (Å²) in [4.78, 5) is 0. The van der Waals surface area contributed by atoms with Gasteiger partial charge in [-0.15, -0.1) is 0 Å². The fourth-order valence-corrected chi connectivity index (χ4v) is 1.43. The highest BCUT2D eigenvalue weighted by atomic mass is 19.4. The standard InChI is InChI=1S/C11H14F3NO/c1-7(15)3-8-4-9(11(12,13)14)6-10(5-8)16-2/h4-7H,3,15H2,1-2H3. The van der Waals surface area contributed by atoms with E-state index >= 15 is 0 Å². The number of rotatable bonds is 3. The summed E-state index contributed by atoms with van der Waals surface area (Å²) in [6.45, 7) is 1.74. The fraction of sp³-hybridized carbons (Fsp3) is 0.455. The summed E-state index contributed by atoms with van der Waals surface area (Å²) in [7, 11) is 1.34. The molecule has 2 nitrogen and oxygen atoms in total. The van der Waals surface area contributed by atoms with Crippen LogP contribution in [0.3, 0.4) is 0 Å². The molecule has 1 atom stereocenters. The molecule has 0 bridgehead atoms. The van der Waals surface area contributed by atoms with Gasteiger partial charge in [0.25, 0.3) is 0 Å². The lowest BCUT2D eigenvalue weighted by Crippen LogP contribution is -2.18. The Balaban J connectivity index is 3.11. The monoisotopic (exact) mass is 233 g/mol. The Hall–Kier alpha value is -1.23. The summed E-state index contributed by atoms with van der Waals surface area (Å²) >= 11 is 0. The third-order valence-electron chi connectivity index (χ3n) is 2.09. The van der Waals surface area contributed by atoms with Gasteiger partial charge in [-0.3, -0.25) is 0 Å². The maximum Gasteiger partial charge on any atom is 0.416 e. The van der Waals surface area contributed by atoms with Crippen LogP contribution in [0.1, 0.15) is 18.1 Å². The third kappa shape index (κ3) is 3.41. The van der Waals surface area contributed by atoms with E-state index in [4.69, 9.17) is 10.5 Å². The van der Waals surface area contributed by atoms with Crippen molar-refractivity contribution in [2.24, 2.45) is 5.73 Å². The Morgan fingerprint density at radius 1 is 1.31 bits per heavy atom. The van der Waals surface area contributed by atoms with Crippen molar-refractivity contribution in [1.82, 2.24) is 0 Å². The molecule has 1 aromatic rings. The Morgan fingerprint density at radius 3 is 2.38 bits per heavy atom. The zero-order valence-corrected chi connectivity index (χ0v) is 9.14. The van der Waals surface area contributed by atoms with E-state index < -0.39 is 11.7 Å². The number of alkyl halides is 3. The molecule has 0 aliphatic heterocycles. The normalized spacial score (nSPS) is 13.6. The van der Waals surface area contributed by atoms with Crippen LogP contribution in [0.2, 0.25) is 0 Å². The Bertz CT molecular complexity index is 361. The van der Waals surface area contributed by atoms with Crippen LogP contribution in [0.5, 0.6) is 5.75 Å². The number of halogens is 3. The quantitative estimate of drug-likeness (QED) is 0.870. The Kier molecular flexibility index (Phi) is 3.80. The van der Waals surface area contributed by atoms with Crippen LogP contribution in [0.15, 0.2) is 18.2 Å². The van der Waals surface area contributed by atoms with Crippen LogP contribution in [0.4, 0.5) is 13.2 Å². The first kappa shape index (κ1) is 12.8.